The number of alkyl halides is 17. The number of alkyl carbamates (subject to hydrolysis) is 1. The highest BCUT2D eigenvalue weighted by Crippen LogP contribution is 2.64. The van der Waals surface area contributed by atoms with E-state index < -0.39 is 96.7 Å². The molecule has 1 amide bonds. The zero-order chi connectivity index (χ0) is 36.5. The molecule has 0 aliphatic carbocycles. The van der Waals surface area contributed by atoms with Crippen molar-refractivity contribution >= 4 is 12.1 Å². The smallest absolute Gasteiger partial charge is 0.460 e. The molecule has 0 saturated carbocycles. The van der Waals surface area contributed by atoms with E-state index in [1.165, 1.54) is 6.92 Å². The average Bonchev–Trinajstić information content (AvgIpc) is 2.92. The van der Waals surface area contributed by atoms with Gasteiger partial charge < -0.3 is 15.2 Å². The standard InChI is InChI=1S/C24H22F17NO4/c1-3-11(2)14(15(43)44)42-16(45)46-10-13-6-4-12(5-7-13)8-9-17(25,26)18(27,28)19(29,30)20(31,32)21(33,34)22(35,36)23(37,38)24(39,40)41/h4-7,11,14H,3,8-10H2,1-2H3,(H,42,45)(H,43,44)/t11-,14-/m0/s1. The van der Waals surface area contributed by atoms with E-state index in [1.807, 2.05) is 5.32 Å². The van der Waals surface area contributed by atoms with Crippen LogP contribution in [-0.4, -0.2) is 70.8 Å². The SMILES string of the molecule is CC[C@H](C)[C@H](NC(=O)OCc1ccc(CCC(F)(F)C(F)(F)C(F)(F)C(F)(F)C(F)(F)C(F)(F)C(F)(F)C(F)(F)F)cc1)C(=O)O. The maximum atomic E-state index is 14.1. The lowest BCUT2D eigenvalue weighted by Gasteiger charge is -2.42. The van der Waals surface area contributed by atoms with Crippen molar-refractivity contribution in [1.82, 2.24) is 5.32 Å². The van der Waals surface area contributed by atoms with Gasteiger partial charge in [-0.25, -0.2) is 9.59 Å². The molecule has 1 rings (SSSR count). The predicted molar refractivity (Wildman–Crippen MR) is 120 cm³/mol. The molecule has 46 heavy (non-hydrogen) atoms. The number of carboxylic acid groups (broad SMARTS) is 1. The second-order valence-electron chi connectivity index (χ2n) is 9.89. The van der Waals surface area contributed by atoms with E-state index in [-0.39, 0.29) is 5.56 Å². The Labute approximate surface area is 247 Å². The van der Waals surface area contributed by atoms with Gasteiger partial charge in [0.15, 0.2) is 0 Å². The highest BCUT2D eigenvalue weighted by atomic mass is 19.4. The molecule has 1 aromatic rings. The van der Waals surface area contributed by atoms with Gasteiger partial charge >= 0.3 is 59.7 Å². The van der Waals surface area contributed by atoms with Crippen molar-refractivity contribution in [3.05, 3.63) is 35.4 Å². The van der Waals surface area contributed by atoms with Crippen LogP contribution in [0, 0.1) is 5.92 Å². The highest BCUT2D eigenvalue weighted by Gasteiger charge is 2.95. The average molecular weight is 711 g/mol. The third-order valence-electron chi connectivity index (χ3n) is 6.66. The van der Waals surface area contributed by atoms with Gasteiger partial charge in [0, 0.05) is 6.42 Å². The molecule has 0 saturated heterocycles. The van der Waals surface area contributed by atoms with Crippen LogP contribution in [0.1, 0.15) is 37.8 Å². The normalized spacial score (nSPS) is 15.7. The number of carboxylic acids is 1. The van der Waals surface area contributed by atoms with Gasteiger partial charge in [-0.05, 0) is 23.5 Å². The lowest BCUT2D eigenvalue weighted by Crippen LogP contribution is -2.74. The zero-order valence-electron chi connectivity index (χ0n) is 22.9. The quantitative estimate of drug-likeness (QED) is 0.180. The number of carbonyl (C=O) groups is 2. The molecule has 0 unspecified atom stereocenters. The summed E-state index contributed by atoms with van der Waals surface area (Å²) in [7, 11) is 0. The highest BCUT2D eigenvalue weighted by molar-refractivity contribution is 5.80. The van der Waals surface area contributed by atoms with Crippen LogP contribution in [0.4, 0.5) is 79.4 Å². The zero-order valence-corrected chi connectivity index (χ0v) is 22.9. The maximum Gasteiger partial charge on any atom is 0.460 e. The molecule has 1 aromatic carbocycles. The fourth-order valence-electron chi connectivity index (χ4n) is 3.46. The molecule has 0 fully saturated rings. The number of amides is 1. The van der Waals surface area contributed by atoms with Crippen LogP contribution in [0.5, 0.6) is 0 Å². The fourth-order valence-corrected chi connectivity index (χ4v) is 3.46. The monoisotopic (exact) mass is 711 g/mol. The number of rotatable bonds is 15. The van der Waals surface area contributed by atoms with Crippen molar-refractivity contribution in [3.8, 4) is 0 Å². The Morgan fingerprint density at radius 3 is 1.48 bits per heavy atom. The van der Waals surface area contributed by atoms with E-state index in [9.17, 15) is 84.2 Å². The fraction of sp³-hybridized carbons (Fsp3) is 0.667. The minimum absolute atomic E-state index is 0.0244. The largest absolute Gasteiger partial charge is 0.480 e. The Bertz CT molecular complexity index is 1220. The van der Waals surface area contributed by atoms with Crippen LogP contribution in [0.3, 0.4) is 0 Å². The van der Waals surface area contributed by atoms with E-state index in [0.717, 1.165) is 24.3 Å². The topological polar surface area (TPSA) is 75.6 Å². The van der Waals surface area contributed by atoms with Crippen molar-refractivity contribution < 1.29 is 94.1 Å². The third-order valence-corrected chi connectivity index (χ3v) is 6.66. The van der Waals surface area contributed by atoms with Crippen molar-refractivity contribution in [1.29, 1.82) is 0 Å². The van der Waals surface area contributed by atoms with E-state index in [4.69, 9.17) is 9.84 Å². The molecule has 0 heterocycles. The molecule has 0 radical (unpaired) electrons. The Kier molecular flexibility index (Phi) is 11.6. The second kappa shape index (κ2) is 13.1. The number of hydrogen-bond acceptors (Lipinski definition) is 3. The van der Waals surface area contributed by atoms with Crippen LogP contribution < -0.4 is 5.32 Å². The van der Waals surface area contributed by atoms with Gasteiger partial charge in [-0.2, -0.15) is 74.6 Å². The third kappa shape index (κ3) is 7.18. The van der Waals surface area contributed by atoms with Crippen LogP contribution in [-0.2, 0) is 22.6 Å². The number of ether oxygens (including phenoxy) is 1. The van der Waals surface area contributed by atoms with Crippen molar-refractivity contribution in [3.63, 3.8) is 0 Å². The Morgan fingerprint density at radius 2 is 1.09 bits per heavy atom. The summed E-state index contributed by atoms with van der Waals surface area (Å²) in [6.45, 7) is 2.51. The van der Waals surface area contributed by atoms with Gasteiger partial charge in [-0.15, -0.1) is 0 Å². The number of benzene rings is 1. The lowest BCUT2D eigenvalue weighted by molar-refractivity contribution is -0.461. The summed E-state index contributed by atoms with van der Waals surface area (Å²) in [5, 5.41) is 11.2. The molecule has 2 N–H and O–H groups in total. The summed E-state index contributed by atoms with van der Waals surface area (Å²) < 4.78 is 232. The van der Waals surface area contributed by atoms with E-state index >= 15 is 0 Å². The summed E-state index contributed by atoms with van der Waals surface area (Å²) >= 11 is 0. The molecular formula is C24H22F17NO4. The molecule has 0 bridgehead atoms. The van der Waals surface area contributed by atoms with E-state index in [1.54, 1.807) is 6.92 Å². The number of carbonyl (C=O) groups excluding carboxylic acids is 1. The van der Waals surface area contributed by atoms with E-state index in [0.29, 0.717) is 6.42 Å². The van der Waals surface area contributed by atoms with Crippen LogP contribution >= 0.6 is 0 Å². The first-order chi connectivity index (χ1) is 20.4. The van der Waals surface area contributed by atoms with E-state index in [2.05, 4.69) is 0 Å². The lowest BCUT2D eigenvalue weighted by atomic mass is 9.87. The van der Waals surface area contributed by atoms with Gasteiger partial charge in [-0.1, -0.05) is 44.5 Å². The first-order valence-electron chi connectivity index (χ1n) is 12.3. The molecule has 266 valence electrons. The maximum absolute atomic E-state index is 14.1. The van der Waals surface area contributed by atoms with Crippen LogP contribution in [0.25, 0.3) is 0 Å². The number of aliphatic carboxylic acids is 1. The van der Waals surface area contributed by atoms with Gasteiger partial charge in [-0.3, -0.25) is 0 Å². The van der Waals surface area contributed by atoms with Gasteiger partial charge in [0.2, 0.25) is 0 Å². The van der Waals surface area contributed by atoms with Crippen molar-refractivity contribution in [2.45, 2.75) is 93.4 Å². The molecule has 0 aromatic heterocycles. The minimum atomic E-state index is -8.68. The number of hydrogen-bond donors (Lipinski definition) is 2. The molecule has 5 nitrogen and oxygen atoms in total. The first-order valence-corrected chi connectivity index (χ1v) is 12.3. The molecule has 0 aliphatic rings. The molecular weight excluding hydrogens is 689 g/mol. The van der Waals surface area contributed by atoms with Crippen LogP contribution in [0.15, 0.2) is 24.3 Å². The number of nitrogens with one attached hydrogen (secondary N) is 1. The second-order valence-corrected chi connectivity index (χ2v) is 9.89. The Balaban J connectivity index is 3.11. The van der Waals surface area contributed by atoms with Crippen LogP contribution in [0.2, 0.25) is 0 Å². The minimum Gasteiger partial charge on any atom is -0.480 e. The van der Waals surface area contributed by atoms with Crippen molar-refractivity contribution in [2.24, 2.45) is 5.92 Å². The summed E-state index contributed by atoms with van der Waals surface area (Å²) in [4.78, 5) is 23.1. The number of aryl methyl sites for hydroxylation is 1. The van der Waals surface area contributed by atoms with Gasteiger partial charge in [0.25, 0.3) is 0 Å². The Morgan fingerprint density at radius 1 is 0.696 bits per heavy atom. The summed E-state index contributed by atoms with van der Waals surface area (Å²) in [6, 6.07) is 2.15. The van der Waals surface area contributed by atoms with Gasteiger partial charge in [0.05, 0.1) is 0 Å². The first kappa shape index (κ1) is 40.8. The summed E-state index contributed by atoms with van der Waals surface area (Å²) in [5.41, 5.74) is -0.459. The van der Waals surface area contributed by atoms with Gasteiger partial charge in [0.1, 0.15) is 12.6 Å². The molecule has 0 spiro atoms. The number of halogens is 17. The molecule has 22 heteroatoms. The predicted octanol–water partition coefficient (Wildman–Crippen LogP) is 8.35. The summed E-state index contributed by atoms with van der Waals surface area (Å²) in [5.74, 6) is -58.6. The van der Waals surface area contributed by atoms with Crippen molar-refractivity contribution in [2.75, 3.05) is 0 Å². The molecule has 0 aliphatic heterocycles. The summed E-state index contributed by atoms with van der Waals surface area (Å²) in [6.07, 6.45) is -12.8. The molecule has 2 atom stereocenters. The Hall–Kier alpha value is -3.23.